The molecule has 146 valence electrons. The molecule has 0 aromatic heterocycles. The molecule has 0 radical (unpaired) electrons. The van der Waals surface area contributed by atoms with Gasteiger partial charge in [0.25, 0.3) is 0 Å². The normalized spacial score (nSPS) is 18.4. The van der Waals surface area contributed by atoms with Crippen LogP contribution in [0.2, 0.25) is 0 Å². The van der Waals surface area contributed by atoms with Gasteiger partial charge in [0.1, 0.15) is 0 Å². The summed E-state index contributed by atoms with van der Waals surface area (Å²) >= 11 is 0. The van der Waals surface area contributed by atoms with Crippen LogP contribution in [0.5, 0.6) is 0 Å². The van der Waals surface area contributed by atoms with Crippen molar-refractivity contribution in [2.45, 2.75) is 17.8 Å². The van der Waals surface area contributed by atoms with Crippen LogP contribution >= 0.6 is 8.20 Å². The fraction of sp³-hybridized carbons (Fsp3) is 0.138. The predicted octanol–water partition coefficient (Wildman–Crippen LogP) is 7.33. The minimum Gasteiger partial charge on any atom is -0.0990 e. The highest BCUT2D eigenvalue weighted by atomic mass is 31.1. The molecule has 1 heteroatoms. The maximum Gasteiger partial charge on any atom is 0.0565 e. The molecule has 1 unspecified atom stereocenters. The zero-order valence-corrected chi connectivity index (χ0v) is 17.9. The molecule has 1 heterocycles. The first-order valence-corrected chi connectivity index (χ1v) is 11.7. The van der Waals surface area contributed by atoms with Crippen LogP contribution < -0.4 is 0 Å². The third-order valence-electron chi connectivity index (χ3n) is 6.29. The van der Waals surface area contributed by atoms with E-state index in [1.807, 2.05) is 0 Å². The van der Waals surface area contributed by atoms with E-state index in [1.54, 1.807) is 0 Å². The minimum atomic E-state index is -0.189. The van der Waals surface area contributed by atoms with Crippen LogP contribution in [-0.4, -0.2) is 11.5 Å². The smallest absolute Gasteiger partial charge is 0.0565 e. The van der Waals surface area contributed by atoms with Gasteiger partial charge in [-0.1, -0.05) is 130 Å². The van der Waals surface area contributed by atoms with E-state index < -0.39 is 0 Å². The van der Waals surface area contributed by atoms with Crippen molar-refractivity contribution < 1.29 is 0 Å². The van der Waals surface area contributed by atoms with Crippen molar-refractivity contribution in [2.24, 2.45) is 0 Å². The van der Waals surface area contributed by atoms with Crippen LogP contribution in [-0.2, 0) is 5.41 Å². The molecule has 0 N–H and O–H groups in total. The topological polar surface area (TPSA) is 0 Å². The van der Waals surface area contributed by atoms with Gasteiger partial charge in [-0.3, -0.25) is 0 Å². The van der Waals surface area contributed by atoms with Crippen LogP contribution in [0, 0.1) is 0 Å². The molecule has 4 aromatic carbocycles. The maximum atomic E-state index is 2.33. The fourth-order valence-electron chi connectivity index (χ4n) is 5.07. The van der Waals surface area contributed by atoms with Crippen molar-refractivity contribution >= 4 is 13.5 Å². The Balaban J connectivity index is 1.86. The second-order valence-corrected chi connectivity index (χ2v) is 9.10. The second kappa shape index (κ2) is 8.42. The molecule has 0 saturated carbocycles. The molecule has 5 rings (SSSR count). The highest BCUT2D eigenvalue weighted by molar-refractivity contribution is 7.41. The van der Waals surface area contributed by atoms with Crippen molar-refractivity contribution in [3.05, 3.63) is 144 Å². The van der Waals surface area contributed by atoms with Crippen molar-refractivity contribution in [2.75, 3.05) is 6.16 Å². The van der Waals surface area contributed by atoms with E-state index in [0.717, 1.165) is 0 Å². The van der Waals surface area contributed by atoms with Crippen molar-refractivity contribution in [3.8, 4) is 0 Å². The van der Waals surface area contributed by atoms with E-state index in [0.29, 0.717) is 5.92 Å². The molecule has 1 aliphatic rings. The molecule has 30 heavy (non-hydrogen) atoms. The number of rotatable bonds is 4. The maximum absolute atomic E-state index is 2.33. The van der Waals surface area contributed by atoms with Crippen LogP contribution in [0.1, 0.15) is 34.6 Å². The first kappa shape index (κ1) is 19.0. The Morgan fingerprint density at radius 1 is 0.567 bits per heavy atom. The third kappa shape index (κ3) is 3.22. The van der Waals surface area contributed by atoms with Gasteiger partial charge in [-0.15, -0.1) is 0 Å². The van der Waals surface area contributed by atoms with E-state index in [2.05, 4.69) is 121 Å². The van der Waals surface area contributed by atoms with Gasteiger partial charge in [0, 0.05) is 5.92 Å². The van der Waals surface area contributed by atoms with Gasteiger partial charge in [-0.25, -0.2) is 0 Å². The van der Waals surface area contributed by atoms with Gasteiger partial charge in [-0.05, 0) is 40.1 Å². The van der Waals surface area contributed by atoms with Crippen LogP contribution in [0.25, 0.3) is 0 Å². The molecule has 1 atom stereocenters. The summed E-state index contributed by atoms with van der Waals surface area (Å²) in [5.41, 5.74) is 5.36. The molecule has 0 aliphatic carbocycles. The second-order valence-electron chi connectivity index (χ2n) is 7.89. The highest BCUT2D eigenvalue weighted by Gasteiger charge is 2.47. The molecule has 4 aromatic rings. The van der Waals surface area contributed by atoms with E-state index in [-0.39, 0.29) is 5.41 Å². The molecule has 1 aliphatic heterocycles. The van der Waals surface area contributed by atoms with Gasteiger partial charge in [0.15, 0.2) is 0 Å². The number of hydrogen-bond donors (Lipinski definition) is 0. The average molecular weight is 404 g/mol. The Morgan fingerprint density at radius 2 is 1.03 bits per heavy atom. The molecule has 0 amide bonds. The summed E-state index contributed by atoms with van der Waals surface area (Å²) in [6.07, 6.45) is 2.36. The molecular weight excluding hydrogens is 379 g/mol. The van der Waals surface area contributed by atoms with Crippen LogP contribution in [0.15, 0.2) is 121 Å². The van der Waals surface area contributed by atoms with Gasteiger partial charge < -0.3 is 0 Å². The largest absolute Gasteiger partial charge is 0.0990 e. The number of hydrogen-bond acceptors (Lipinski definition) is 0. The zero-order chi connectivity index (χ0) is 20.2. The van der Waals surface area contributed by atoms with Crippen LogP contribution in [0.4, 0.5) is 0 Å². The molecule has 0 spiro atoms. The van der Waals surface area contributed by atoms with Gasteiger partial charge in [0.05, 0.1) is 5.41 Å². The molecule has 0 nitrogen and oxygen atoms in total. The minimum absolute atomic E-state index is 0.189. The molecule has 0 bridgehead atoms. The lowest BCUT2D eigenvalue weighted by Crippen LogP contribution is -2.45. The summed E-state index contributed by atoms with van der Waals surface area (Å²) in [5.74, 6) is 0.389. The highest BCUT2D eigenvalue weighted by Crippen LogP contribution is 2.53. The summed E-state index contributed by atoms with van der Waals surface area (Å²) in [6.45, 7) is 0. The Hall–Kier alpha value is -2.95. The Morgan fingerprint density at radius 3 is 1.57 bits per heavy atom. The lowest BCUT2D eigenvalue weighted by molar-refractivity contribution is 0.511. The Kier molecular flexibility index (Phi) is 5.35. The van der Waals surface area contributed by atoms with Crippen molar-refractivity contribution in [1.29, 1.82) is 0 Å². The van der Waals surface area contributed by atoms with Crippen molar-refractivity contribution in [3.63, 3.8) is 0 Å². The monoisotopic (exact) mass is 404 g/mol. The molecule has 0 saturated heterocycles. The predicted molar refractivity (Wildman–Crippen MR) is 130 cm³/mol. The lowest BCUT2D eigenvalue weighted by Gasteiger charge is -2.46. The van der Waals surface area contributed by atoms with E-state index in [1.165, 1.54) is 48.3 Å². The lowest BCUT2D eigenvalue weighted by atomic mass is 9.59. The quantitative estimate of drug-likeness (QED) is 0.312. The van der Waals surface area contributed by atoms with Gasteiger partial charge >= 0.3 is 0 Å². The van der Waals surface area contributed by atoms with E-state index in [4.69, 9.17) is 0 Å². The molecule has 0 fully saturated rings. The third-order valence-corrected chi connectivity index (χ3v) is 7.70. The summed E-state index contributed by atoms with van der Waals surface area (Å²) in [4.78, 5) is 0. The first-order valence-electron chi connectivity index (χ1n) is 10.7. The van der Waals surface area contributed by atoms with Gasteiger partial charge in [-0.2, -0.15) is 0 Å². The Bertz CT molecular complexity index is 1080. The van der Waals surface area contributed by atoms with E-state index >= 15 is 0 Å². The number of benzene rings is 4. The standard InChI is InChI=1S/C29H25P/c1-5-13-23(14-6-1)27-21-22-30-28(24-15-7-2-8-16-24)29(27,25-17-9-3-10-18-25)26-19-11-4-12-20-26/h1-20,27H,21-22H2. The van der Waals surface area contributed by atoms with Crippen molar-refractivity contribution in [1.82, 2.24) is 0 Å². The summed E-state index contributed by atoms with van der Waals surface area (Å²) in [6, 6.07) is 44.5. The van der Waals surface area contributed by atoms with E-state index in [9.17, 15) is 0 Å². The molecular formula is C29H25P. The van der Waals surface area contributed by atoms with Crippen LogP contribution in [0.3, 0.4) is 0 Å². The average Bonchev–Trinajstić information content (AvgIpc) is 2.85. The first-order chi connectivity index (χ1) is 14.9. The zero-order valence-electron chi connectivity index (χ0n) is 17.0. The summed E-state index contributed by atoms with van der Waals surface area (Å²) in [5, 5.41) is 1.51. The van der Waals surface area contributed by atoms with Gasteiger partial charge in [0.2, 0.25) is 0 Å². The summed E-state index contributed by atoms with van der Waals surface area (Å²) in [7, 11) is 1.42. The summed E-state index contributed by atoms with van der Waals surface area (Å²) < 4.78 is 0. The Labute approximate surface area is 181 Å². The SMILES string of the molecule is c1ccc(C2=PCCC(c3ccccc3)C2(c2ccccc2)c2ccccc2)cc1. The fourth-order valence-corrected chi connectivity index (χ4v) is 6.68.